The van der Waals surface area contributed by atoms with Crippen LogP contribution in [0.2, 0.25) is 0 Å². The summed E-state index contributed by atoms with van der Waals surface area (Å²) in [6.07, 6.45) is 2.34. The third-order valence-corrected chi connectivity index (χ3v) is 4.18. The number of nitrogens with zero attached hydrogens (tertiary/aromatic N) is 1. The predicted molar refractivity (Wildman–Crippen MR) is 95.3 cm³/mol. The molecule has 0 aliphatic rings. The lowest BCUT2D eigenvalue weighted by Gasteiger charge is -2.12. The summed E-state index contributed by atoms with van der Waals surface area (Å²) in [5, 5.41) is 27.3. The molecule has 6 heteroatoms. The molecule has 2 aromatic carbocycles. The normalized spacial score (nSPS) is 10.7. The second kappa shape index (κ2) is 6.76. The fraction of sp³-hybridized carbons (Fsp3) is 0.211. The number of aromatic amines is 1. The molecule has 0 fully saturated rings. The lowest BCUT2D eigenvalue weighted by atomic mass is 9.98. The minimum atomic E-state index is -0.0133. The number of nitrogens with one attached hydrogen (secondary N) is 1. The Labute approximate surface area is 145 Å². The van der Waals surface area contributed by atoms with Gasteiger partial charge in [-0.3, -0.25) is 5.10 Å². The highest BCUT2D eigenvalue weighted by atomic mass is 16.5. The number of H-pyrrole nitrogens is 1. The smallest absolute Gasteiger partial charge is 0.161 e. The highest BCUT2D eigenvalue weighted by molar-refractivity contribution is 5.84. The van der Waals surface area contributed by atoms with Crippen molar-refractivity contribution in [1.82, 2.24) is 10.2 Å². The summed E-state index contributed by atoms with van der Waals surface area (Å²) in [5.41, 5.74) is 3.67. The summed E-state index contributed by atoms with van der Waals surface area (Å²) in [7, 11) is 3.17. The van der Waals surface area contributed by atoms with Gasteiger partial charge in [0.2, 0.25) is 0 Å². The number of rotatable bonds is 5. The van der Waals surface area contributed by atoms with E-state index in [1.54, 1.807) is 26.5 Å². The number of hydrogen-bond acceptors (Lipinski definition) is 5. The van der Waals surface area contributed by atoms with Gasteiger partial charge < -0.3 is 19.7 Å². The molecule has 0 saturated heterocycles. The van der Waals surface area contributed by atoms with E-state index in [1.807, 2.05) is 25.1 Å². The molecule has 6 nitrogen and oxygen atoms in total. The molecule has 3 aromatic rings. The average Bonchev–Trinajstić information content (AvgIpc) is 3.10. The molecule has 3 rings (SSSR count). The lowest BCUT2D eigenvalue weighted by Crippen LogP contribution is -1.92. The summed E-state index contributed by atoms with van der Waals surface area (Å²) >= 11 is 0. The SMILES string of the molecule is CCc1cc(-c2[nH]ncc2-c2ccc(OC)c(OC)c2)c(O)cc1O. The van der Waals surface area contributed by atoms with E-state index in [0.717, 1.165) is 16.7 Å². The number of phenolic OH excluding ortho intramolecular Hbond substituents is 2. The highest BCUT2D eigenvalue weighted by Crippen LogP contribution is 2.40. The Balaban J connectivity index is 2.14. The van der Waals surface area contributed by atoms with E-state index in [9.17, 15) is 10.2 Å². The van der Waals surface area contributed by atoms with Crippen LogP contribution in [0.4, 0.5) is 0 Å². The van der Waals surface area contributed by atoms with Gasteiger partial charge in [-0.05, 0) is 35.7 Å². The molecule has 25 heavy (non-hydrogen) atoms. The van der Waals surface area contributed by atoms with Gasteiger partial charge in [0.25, 0.3) is 0 Å². The first-order valence-corrected chi connectivity index (χ1v) is 7.90. The number of phenols is 2. The topological polar surface area (TPSA) is 87.6 Å². The molecule has 1 heterocycles. The van der Waals surface area contributed by atoms with Crippen LogP contribution < -0.4 is 9.47 Å². The summed E-state index contributed by atoms with van der Waals surface area (Å²) in [6.45, 7) is 1.94. The number of aromatic nitrogens is 2. The zero-order valence-electron chi connectivity index (χ0n) is 14.3. The minimum Gasteiger partial charge on any atom is -0.508 e. The first-order chi connectivity index (χ1) is 12.1. The van der Waals surface area contributed by atoms with Crippen molar-refractivity contribution in [3.8, 4) is 45.4 Å². The number of methoxy groups -OCH3 is 2. The Kier molecular flexibility index (Phi) is 4.52. The summed E-state index contributed by atoms with van der Waals surface area (Å²) in [5.74, 6) is 1.31. The quantitative estimate of drug-likeness (QED) is 0.659. The average molecular weight is 340 g/mol. The zero-order chi connectivity index (χ0) is 18.0. The van der Waals surface area contributed by atoms with Gasteiger partial charge in [-0.15, -0.1) is 0 Å². The number of benzene rings is 2. The molecular formula is C19H20N2O4. The number of aromatic hydroxyl groups is 2. The van der Waals surface area contributed by atoms with Crippen LogP contribution in [0.15, 0.2) is 36.5 Å². The van der Waals surface area contributed by atoms with Crippen LogP contribution in [0.1, 0.15) is 12.5 Å². The zero-order valence-corrected chi connectivity index (χ0v) is 14.3. The third kappa shape index (κ3) is 2.98. The Bertz CT molecular complexity index is 902. The Morgan fingerprint density at radius 3 is 2.40 bits per heavy atom. The van der Waals surface area contributed by atoms with E-state index in [1.165, 1.54) is 6.07 Å². The summed E-state index contributed by atoms with van der Waals surface area (Å²) in [4.78, 5) is 0. The molecule has 0 bridgehead atoms. The largest absolute Gasteiger partial charge is 0.508 e. The van der Waals surface area contributed by atoms with Gasteiger partial charge >= 0.3 is 0 Å². The fourth-order valence-electron chi connectivity index (χ4n) is 2.82. The second-order valence-corrected chi connectivity index (χ2v) is 5.58. The molecular weight excluding hydrogens is 320 g/mol. The molecule has 1 aromatic heterocycles. The van der Waals surface area contributed by atoms with Crippen LogP contribution in [-0.4, -0.2) is 34.6 Å². The van der Waals surface area contributed by atoms with Gasteiger partial charge in [0.1, 0.15) is 11.5 Å². The maximum absolute atomic E-state index is 10.3. The maximum atomic E-state index is 10.3. The van der Waals surface area contributed by atoms with Crippen LogP contribution in [-0.2, 0) is 6.42 Å². The van der Waals surface area contributed by atoms with Gasteiger partial charge in [0, 0.05) is 17.2 Å². The van der Waals surface area contributed by atoms with Crippen LogP contribution in [0.3, 0.4) is 0 Å². The molecule has 0 unspecified atom stereocenters. The van der Waals surface area contributed by atoms with Crippen LogP contribution >= 0.6 is 0 Å². The Morgan fingerprint density at radius 1 is 0.960 bits per heavy atom. The molecule has 0 atom stereocenters. The number of ether oxygens (including phenoxy) is 2. The van der Waals surface area contributed by atoms with Crippen molar-refractivity contribution in [3.05, 3.63) is 42.1 Å². The fourth-order valence-corrected chi connectivity index (χ4v) is 2.82. The van der Waals surface area contributed by atoms with E-state index in [-0.39, 0.29) is 11.5 Å². The molecule has 0 spiro atoms. The van der Waals surface area contributed by atoms with E-state index in [4.69, 9.17) is 9.47 Å². The van der Waals surface area contributed by atoms with Gasteiger partial charge in [-0.25, -0.2) is 0 Å². The molecule has 3 N–H and O–H groups in total. The monoisotopic (exact) mass is 340 g/mol. The van der Waals surface area contributed by atoms with Crippen molar-refractivity contribution in [3.63, 3.8) is 0 Å². The van der Waals surface area contributed by atoms with Crippen molar-refractivity contribution in [2.75, 3.05) is 14.2 Å². The van der Waals surface area contributed by atoms with Crippen molar-refractivity contribution < 1.29 is 19.7 Å². The van der Waals surface area contributed by atoms with Gasteiger partial charge in [0.15, 0.2) is 11.5 Å². The first-order valence-electron chi connectivity index (χ1n) is 7.90. The molecule has 0 aliphatic heterocycles. The predicted octanol–water partition coefficient (Wildman–Crippen LogP) is 3.73. The Morgan fingerprint density at radius 2 is 1.72 bits per heavy atom. The van der Waals surface area contributed by atoms with Crippen molar-refractivity contribution >= 4 is 0 Å². The van der Waals surface area contributed by atoms with Crippen molar-refractivity contribution in [1.29, 1.82) is 0 Å². The second-order valence-electron chi connectivity index (χ2n) is 5.58. The van der Waals surface area contributed by atoms with Crippen LogP contribution in [0.25, 0.3) is 22.4 Å². The van der Waals surface area contributed by atoms with E-state index < -0.39 is 0 Å². The lowest BCUT2D eigenvalue weighted by molar-refractivity contribution is 0.355. The third-order valence-electron chi connectivity index (χ3n) is 4.18. The van der Waals surface area contributed by atoms with Gasteiger partial charge in [-0.2, -0.15) is 5.10 Å². The summed E-state index contributed by atoms with van der Waals surface area (Å²) < 4.78 is 10.6. The van der Waals surface area contributed by atoms with Crippen LogP contribution in [0.5, 0.6) is 23.0 Å². The molecule has 0 amide bonds. The van der Waals surface area contributed by atoms with Gasteiger partial charge in [0.05, 0.1) is 26.1 Å². The Hall–Kier alpha value is -3.15. The highest BCUT2D eigenvalue weighted by Gasteiger charge is 2.17. The number of aryl methyl sites for hydroxylation is 1. The van der Waals surface area contributed by atoms with Crippen molar-refractivity contribution in [2.24, 2.45) is 0 Å². The standard InChI is InChI=1S/C19H20N2O4/c1-4-11-7-13(16(23)9-15(11)22)19-14(10-20-21-19)12-5-6-17(24-2)18(8-12)25-3/h5-10,22-23H,4H2,1-3H3,(H,20,21). The van der Waals surface area contributed by atoms with Gasteiger partial charge in [-0.1, -0.05) is 13.0 Å². The van der Waals surface area contributed by atoms with E-state index in [2.05, 4.69) is 10.2 Å². The minimum absolute atomic E-state index is 0.0133. The first kappa shape index (κ1) is 16.7. The maximum Gasteiger partial charge on any atom is 0.161 e. The van der Waals surface area contributed by atoms with E-state index in [0.29, 0.717) is 29.2 Å². The van der Waals surface area contributed by atoms with Crippen LogP contribution in [0, 0.1) is 0 Å². The molecule has 0 radical (unpaired) electrons. The molecule has 0 aliphatic carbocycles. The van der Waals surface area contributed by atoms with Crippen molar-refractivity contribution in [2.45, 2.75) is 13.3 Å². The number of hydrogen-bond donors (Lipinski definition) is 3. The molecule has 0 saturated carbocycles. The molecule has 130 valence electrons. The van der Waals surface area contributed by atoms with E-state index >= 15 is 0 Å². The summed E-state index contributed by atoms with van der Waals surface area (Å²) in [6, 6.07) is 8.69.